The minimum Gasteiger partial charge on any atom is -0.380 e. The van der Waals surface area contributed by atoms with Crippen LogP contribution in [0.1, 0.15) is 4.88 Å². The normalized spacial score (nSPS) is 10.4. The fourth-order valence-corrected chi connectivity index (χ4v) is 1.85. The Labute approximate surface area is 82.1 Å². The summed E-state index contributed by atoms with van der Waals surface area (Å²) in [6.07, 6.45) is 3.16. The molecular formula is C9H14OS2. The summed E-state index contributed by atoms with van der Waals surface area (Å²) in [7, 11) is 0. The molecule has 3 heteroatoms. The summed E-state index contributed by atoms with van der Waals surface area (Å²) in [6.45, 7) is 1.74. The second-order valence-corrected chi connectivity index (χ2v) is 4.45. The zero-order valence-electron chi connectivity index (χ0n) is 7.29. The van der Waals surface area contributed by atoms with Gasteiger partial charge in [-0.2, -0.15) is 11.8 Å². The Morgan fingerprint density at radius 2 is 2.42 bits per heavy atom. The van der Waals surface area contributed by atoms with Crippen LogP contribution in [0, 0.1) is 0 Å². The van der Waals surface area contributed by atoms with E-state index in [4.69, 9.17) is 4.74 Å². The molecule has 0 aromatic carbocycles. The zero-order chi connectivity index (χ0) is 8.65. The lowest BCUT2D eigenvalue weighted by Crippen LogP contribution is -2.00. The van der Waals surface area contributed by atoms with Gasteiger partial charge in [0, 0.05) is 17.1 Å². The van der Waals surface area contributed by atoms with Crippen LogP contribution >= 0.6 is 23.1 Å². The van der Waals surface area contributed by atoms with Crippen molar-refractivity contribution in [3.05, 3.63) is 22.4 Å². The van der Waals surface area contributed by atoms with Crippen LogP contribution in [-0.4, -0.2) is 25.2 Å². The van der Waals surface area contributed by atoms with Crippen molar-refractivity contribution in [1.29, 1.82) is 0 Å². The third-order valence-electron chi connectivity index (χ3n) is 1.50. The van der Waals surface area contributed by atoms with E-state index in [0.717, 1.165) is 25.4 Å². The van der Waals surface area contributed by atoms with Crippen molar-refractivity contribution in [1.82, 2.24) is 0 Å². The van der Waals surface area contributed by atoms with E-state index in [1.165, 1.54) is 4.88 Å². The van der Waals surface area contributed by atoms with Gasteiger partial charge in [-0.1, -0.05) is 6.07 Å². The third kappa shape index (κ3) is 4.14. The van der Waals surface area contributed by atoms with Crippen molar-refractivity contribution in [2.45, 2.75) is 6.42 Å². The Balaban J connectivity index is 1.96. The zero-order valence-corrected chi connectivity index (χ0v) is 8.92. The molecule has 68 valence electrons. The molecule has 0 radical (unpaired) electrons. The molecule has 0 aliphatic rings. The van der Waals surface area contributed by atoms with Crippen molar-refractivity contribution in [2.24, 2.45) is 0 Å². The lowest BCUT2D eigenvalue weighted by molar-refractivity contribution is 0.154. The quantitative estimate of drug-likeness (QED) is 0.656. The van der Waals surface area contributed by atoms with E-state index in [1.807, 2.05) is 11.8 Å². The highest BCUT2D eigenvalue weighted by molar-refractivity contribution is 7.98. The van der Waals surface area contributed by atoms with Crippen LogP contribution in [-0.2, 0) is 11.2 Å². The molecule has 0 saturated heterocycles. The van der Waals surface area contributed by atoms with Gasteiger partial charge in [0.25, 0.3) is 0 Å². The van der Waals surface area contributed by atoms with Gasteiger partial charge in [0.1, 0.15) is 0 Å². The van der Waals surface area contributed by atoms with Gasteiger partial charge in [-0.3, -0.25) is 0 Å². The number of thioether (sulfide) groups is 1. The van der Waals surface area contributed by atoms with Crippen LogP contribution in [0.3, 0.4) is 0 Å². The molecule has 0 unspecified atom stereocenters. The molecule has 12 heavy (non-hydrogen) atoms. The summed E-state index contributed by atoms with van der Waals surface area (Å²) in [4.78, 5) is 1.42. The number of thiophene rings is 1. The molecule has 1 heterocycles. The van der Waals surface area contributed by atoms with Crippen LogP contribution in [0.25, 0.3) is 0 Å². The van der Waals surface area contributed by atoms with Gasteiger partial charge in [-0.05, 0) is 17.7 Å². The fraction of sp³-hybridized carbons (Fsp3) is 0.556. The van der Waals surface area contributed by atoms with Gasteiger partial charge in [0.15, 0.2) is 0 Å². The Morgan fingerprint density at radius 3 is 3.08 bits per heavy atom. The minimum atomic E-state index is 0.862. The number of rotatable bonds is 6. The fourth-order valence-electron chi connectivity index (χ4n) is 0.872. The van der Waals surface area contributed by atoms with Gasteiger partial charge in [-0.15, -0.1) is 11.3 Å². The summed E-state index contributed by atoms with van der Waals surface area (Å²) in [5, 5.41) is 2.11. The maximum Gasteiger partial charge on any atom is 0.0556 e. The van der Waals surface area contributed by atoms with E-state index in [1.54, 1.807) is 11.3 Å². The average molecular weight is 202 g/mol. The first-order valence-corrected chi connectivity index (χ1v) is 6.30. The predicted molar refractivity (Wildman–Crippen MR) is 57.2 cm³/mol. The Kier molecular flexibility index (Phi) is 5.48. The van der Waals surface area contributed by atoms with E-state index < -0.39 is 0 Å². The summed E-state index contributed by atoms with van der Waals surface area (Å²) in [5.41, 5.74) is 0. The largest absolute Gasteiger partial charge is 0.380 e. The molecule has 0 N–H and O–H groups in total. The van der Waals surface area contributed by atoms with Crippen LogP contribution in [0.2, 0.25) is 0 Å². The lowest BCUT2D eigenvalue weighted by Gasteiger charge is -2.00. The third-order valence-corrected chi connectivity index (χ3v) is 3.02. The van der Waals surface area contributed by atoms with Gasteiger partial charge in [-0.25, -0.2) is 0 Å². The Bertz CT molecular complexity index is 184. The molecule has 0 amide bonds. The minimum absolute atomic E-state index is 0.862. The summed E-state index contributed by atoms with van der Waals surface area (Å²) in [6, 6.07) is 4.24. The predicted octanol–water partition coefficient (Wildman–Crippen LogP) is 2.67. The van der Waals surface area contributed by atoms with Crippen LogP contribution in [0.5, 0.6) is 0 Å². The van der Waals surface area contributed by atoms with E-state index in [0.29, 0.717) is 0 Å². The molecule has 1 rings (SSSR count). The van der Waals surface area contributed by atoms with Crippen LogP contribution < -0.4 is 0 Å². The van der Waals surface area contributed by atoms with Gasteiger partial charge < -0.3 is 4.74 Å². The highest BCUT2D eigenvalue weighted by Crippen LogP contribution is 2.08. The van der Waals surface area contributed by atoms with Crippen molar-refractivity contribution in [2.75, 3.05) is 25.2 Å². The first-order valence-electron chi connectivity index (χ1n) is 4.02. The molecular weight excluding hydrogens is 188 g/mol. The summed E-state index contributed by atoms with van der Waals surface area (Å²) < 4.78 is 5.43. The molecule has 0 spiro atoms. The topological polar surface area (TPSA) is 9.23 Å². The smallest absolute Gasteiger partial charge is 0.0556 e. The second kappa shape index (κ2) is 6.52. The summed E-state index contributed by atoms with van der Waals surface area (Å²) >= 11 is 3.63. The molecule has 0 aliphatic heterocycles. The molecule has 0 saturated carbocycles. The van der Waals surface area contributed by atoms with Crippen molar-refractivity contribution in [3.63, 3.8) is 0 Å². The maximum atomic E-state index is 5.43. The molecule has 0 aliphatic carbocycles. The number of hydrogen-bond acceptors (Lipinski definition) is 3. The summed E-state index contributed by atoms with van der Waals surface area (Å²) in [5.74, 6) is 1.10. The SMILES string of the molecule is CSCCOCCc1cccs1. The molecule has 0 bridgehead atoms. The highest BCUT2D eigenvalue weighted by Gasteiger charge is 1.92. The van der Waals surface area contributed by atoms with E-state index >= 15 is 0 Å². The lowest BCUT2D eigenvalue weighted by atomic mass is 10.4. The molecule has 1 nitrogen and oxygen atoms in total. The van der Waals surface area contributed by atoms with Crippen LogP contribution in [0.4, 0.5) is 0 Å². The maximum absolute atomic E-state index is 5.43. The molecule has 1 aromatic heterocycles. The molecule has 0 fully saturated rings. The average Bonchev–Trinajstić information content (AvgIpc) is 2.57. The van der Waals surface area contributed by atoms with Gasteiger partial charge >= 0.3 is 0 Å². The monoisotopic (exact) mass is 202 g/mol. The van der Waals surface area contributed by atoms with E-state index in [2.05, 4.69) is 23.8 Å². The van der Waals surface area contributed by atoms with Crippen molar-refractivity contribution in [3.8, 4) is 0 Å². The van der Waals surface area contributed by atoms with Crippen molar-refractivity contribution >= 4 is 23.1 Å². The van der Waals surface area contributed by atoms with Gasteiger partial charge in [0.05, 0.1) is 13.2 Å². The number of ether oxygens (including phenoxy) is 1. The first kappa shape index (κ1) is 10.1. The molecule has 1 aromatic rings. The standard InChI is InChI=1S/C9H14OS2/c1-11-8-6-10-5-4-9-3-2-7-12-9/h2-3,7H,4-6,8H2,1H3. The Morgan fingerprint density at radius 1 is 1.50 bits per heavy atom. The number of hydrogen-bond donors (Lipinski definition) is 0. The highest BCUT2D eigenvalue weighted by atomic mass is 32.2. The Hall–Kier alpha value is 0.01000. The molecule has 0 atom stereocenters. The van der Waals surface area contributed by atoms with Crippen LogP contribution in [0.15, 0.2) is 17.5 Å². The first-order chi connectivity index (χ1) is 5.93. The van der Waals surface area contributed by atoms with E-state index in [9.17, 15) is 0 Å². The second-order valence-electron chi connectivity index (χ2n) is 2.43. The van der Waals surface area contributed by atoms with Gasteiger partial charge in [0.2, 0.25) is 0 Å². The van der Waals surface area contributed by atoms with E-state index in [-0.39, 0.29) is 0 Å². The van der Waals surface area contributed by atoms with Crippen molar-refractivity contribution < 1.29 is 4.74 Å².